The Bertz CT molecular complexity index is 3280. The van der Waals surface area contributed by atoms with E-state index in [9.17, 15) is 0 Å². The molecule has 0 aliphatic carbocycles. The van der Waals surface area contributed by atoms with E-state index in [1.165, 1.54) is 110 Å². The van der Waals surface area contributed by atoms with Crippen molar-refractivity contribution in [3.05, 3.63) is 206 Å². The zero-order valence-corrected chi connectivity index (χ0v) is 30.5. The second-order valence-electron chi connectivity index (χ2n) is 14.9. The second-order valence-corrected chi connectivity index (χ2v) is 14.9. The first-order valence-corrected chi connectivity index (χ1v) is 19.4. The van der Waals surface area contributed by atoms with Crippen molar-refractivity contribution in [1.29, 1.82) is 0 Å². The van der Waals surface area contributed by atoms with Gasteiger partial charge in [0.1, 0.15) is 0 Å². The Balaban J connectivity index is 1.11. The Labute approximate surface area is 323 Å². The number of aromatic nitrogens is 2. The van der Waals surface area contributed by atoms with Crippen LogP contribution in [-0.4, -0.2) is 9.13 Å². The van der Waals surface area contributed by atoms with Crippen molar-refractivity contribution in [2.75, 3.05) is 0 Å². The molecule has 0 atom stereocenters. The predicted molar refractivity (Wildman–Crippen MR) is 239 cm³/mol. The van der Waals surface area contributed by atoms with Crippen LogP contribution in [0.4, 0.5) is 0 Å². The molecule has 0 bridgehead atoms. The fraction of sp³-hybridized carbons (Fsp3) is 0. The van der Waals surface area contributed by atoms with Gasteiger partial charge in [-0.2, -0.15) is 0 Å². The molecule has 2 heterocycles. The Morgan fingerprint density at radius 1 is 0.250 bits per heavy atom. The maximum absolute atomic E-state index is 2.44. The summed E-state index contributed by atoms with van der Waals surface area (Å²) in [5.74, 6) is 0. The minimum absolute atomic E-state index is 1.17. The van der Waals surface area contributed by atoms with E-state index in [2.05, 4.69) is 215 Å². The van der Waals surface area contributed by atoms with Crippen LogP contribution in [-0.2, 0) is 0 Å². The maximum atomic E-state index is 2.44. The molecule has 12 aromatic rings. The van der Waals surface area contributed by atoms with E-state index >= 15 is 0 Å². The zero-order valence-electron chi connectivity index (χ0n) is 30.5. The molecular weight excluding hydrogens is 677 g/mol. The fourth-order valence-electron chi connectivity index (χ4n) is 9.45. The number of hydrogen-bond acceptors (Lipinski definition) is 0. The molecule has 12 rings (SSSR count). The van der Waals surface area contributed by atoms with E-state index in [0.29, 0.717) is 0 Å². The number of fused-ring (bicyclic) bond motifs is 11. The first kappa shape index (κ1) is 31.0. The normalized spacial score (nSPS) is 11.9. The van der Waals surface area contributed by atoms with Crippen LogP contribution in [0.5, 0.6) is 0 Å². The van der Waals surface area contributed by atoms with Gasteiger partial charge in [0, 0.05) is 32.9 Å². The van der Waals surface area contributed by atoms with Crippen molar-refractivity contribution in [2.24, 2.45) is 0 Å². The molecule has 0 saturated heterocycles. The summed E-state index contributed by atoms with van der Waals surface area (Å²) in [4.78, 5) is 0. The first-order valence-electron chi connectivity index (χ1n) is 19.4. The van der Waals surface area contributed by atoms with Crippen LogP contribution in [0.3, 0.4) is 0 Å². The van der Waals surface area contributed by atoms with Crippen molar-refractivity contribution in [2.45, 2.75) is 0 Å². The molecule has 0 saturated carbocycles. The van der Waals surface area contributed by atoms with Crippen LogP contribution in [0.2, 0.25) is 0 Å². The minimum atomic E-state index is 1.17. The molecule has 2 aromatic heterocycles. The molecule has 2 nitrogen and oxygen atoms in total. The van der Waals surface area contributed by atoms with Gasteiger partial charge in [0.05, 0.1) is 22.1 Å². The van der Waals surface area contributed by atoms with E-state index < -0.39 is 0 Å². The molecular formula is C54H34N2. The maximum Gasteiger partial charge on any atom is 0.0541 e. The van der Waals surface area contributed by atoms with Crippen LogP contribution in [0.15, 0.2) is 206 Å². The molecule has 0 spiro atoms. The van der Waals surface area contributed by atoms with Gasteiger partial charge in [-0.05, 0) is 127 Å². The highest BCUT2D eigenvalue weighted by molar-refractivity contribution is 6.26. The summed E-state index contributed by atoms with van der Waals surface area (Å²) in [5, 5.41) is 12.6. The number of nitrogens with zero attached hydrogens (tertiary/aromatic N) is 2. The van der Waals surface area contributed by atoms with Crippen LogP contribution < -0.4 is 0 Å². The lowest BCUT2D eigenvalue weighted by atomic mass is 9.87. The molecule has 0 fully saturated rings. The molecule has 10 aromatic carbocycles. The van der Waals surface area contributed by atoms with Crippen molar-refractivity contribution < 1.29 is 0 Å². The van der Waals surface area contributed by atoms with Gasteiger partial charge >= 0.3 is 0 Å². The lowest BCUT2D eigenvalue weighted by Crippen LogP contribution is -1.93. The van der Waals surface area contributed by atoms with Crippen molar-refractivity contribution in [1.82, 2.24) is 9.13 Å². The lowest BCUT2D eigenvalue weighted by Gasteiger charge is -2.16. The monoisotopic (exact) mass is 710 g/mol. The van der Waals surface area contributed by atoms with Gasteiger partial charge in [-0.1, -0.05) is 133 Å². The number of benzene rings is 10. The van der Waals surface area contributed by atoms with E-state index in [4.69, 9.17) is 0 Å². The Morgan fingerprint density at radius 3 is 1.05 bits per heavy atom. The summed E-state index contributed by atoms with van der Waals surface area (Å²) in [5.41, 5.74) is 12.1. The molecule has 0 aliphatic rings. The molecule has 260 valence electrons. The molecule has 0 radical (unpaired) electrons. The highest BCUT2D eigenvalue weighted by atomic mass is 15.0. The number of rotatable bonds is 4. The topological polar surface area (TPSA) is 9.86 Å². The standard InChI is InChI=1S/C54H34N2/c1-3-15-38(16-4-1)55-50-25-13-11-21-42(50)48-31-35(27-29-52(48)55)46-33-37-34-47(41-20-8-10-24-45(41)54(37)44-23-9-7-19-40(44)46)36-28-30-53-49(32-36)43-22-12-14-26-51(43)56(53)39-17-5-2-6-18-39/h1-34H. The average molecular weight is 711 g/mol. The molecule has 2 heteroatoms. The largest absolute Gasteiger partial charge is 0.309 e. The van der Waals surface area contributed by atoms with Crippen molar-refractivity contribution in [3.8, 4) is 33.6 Å². The highest BCUT2D eigenvalue weighted by Gasteiger charge is 2.19. The quantitative estimate of drug-likeness (QED) is 0.161. The van der Waals surface area contributed by atoms with E-state index in [1.54, 1.807) is 0 Å². The van der Waals surface area contributed by atoms with Crippen LogP contribution in [0.25, 0.3) is 110 Å². The Morgan fingerprint density at radius 2 is 0.607 bits per heavy atom. The van der Waals surface area contributed by atoms with Crippen molar-refractivity contribution >= 4 is 75.9 Å². The third-order valence-electron chi connectivity index (χ3n) is 11.9. The van der Waals surface area contributed by atoms with Gasteiger partial charge in [-0.15, -0.1) is 0 Å². The van der Waals surface area contributed by atoms with Gasteiger partial charge in [-0.3, -0.25) is 0 Å². The van der Waals surface area contributed by atoms with Gasteiger partial charge < -0.3 is 9.13 Å². The summed E-state index contributed by atoms with van der Waals surface area (Å²) in [6.45, 7) is 0. The summed E-state index contributed by atoms with van der Waals surface area (Å²) >= 11 is 0. The van der Waals surface area contributed by atoms with E-state index in [-0.39, 0.29) is 0 Å². The van der Waals surface area contributed by atoms with Gasteiger partial charge in [0.2, 0.25) is 0 Å². The fourth-order valence-corrected chi connectivity index (χ4v) is 9.45. The van der Waals surface area contributed by atoms with Gasteiger partial charge in [0.25, 0.3) is 0 Å². The molecule has 56 heavy (non-hydrogen) atoms. The van der Waals surface area contributed by atoms with E-state index in [1.807, 2.05) is 0 Å². The minimum Gasteiger partial charge on any atom is -0.309 e. The lowest BCUT2D eigenvalue weighted by molar-refractivity contribution is 1.18. The van der Waals surface area contributed by atoms with Gasteiger partial charge in [-0.25, -0.2) is 0 Å². The number of hydrogen-bond donors (Lipinski definition) is 0. The predicted octanol–water partition coefficient (Wildman–Crippen LogP) is 14.7. The zero-order chi connectivity index (χ0) is 36.7. The molecule has 0 N–H and O–H groups in total. The van der Waals surface area contributed by atoms with E-state index in [0.717, 1.165) is 0 Å². The summed E-state index contributed by atoms with van der Waals surface area (Å²) < 4.78 is 4.78. The van der Waals surface area contributed by atoms with Crippen LogP contribution in [0.1, 0.15) is 0 Å². The van der Waals surface area contributed by atoms with Crippen molar-refractivity contribution in [3.63, 3.8) is 0 Å². The SMILES string of the molecule is c1ccc(-n2c3ccccc3c3cc(-c4cc5cc(-c6ccc7c(c6)c6ccccc6n7-c6ccccc6)c6ccccc6c5c5ccccc45)ccc32)cc1. The van der Waals surface area contributed by atoms with Crippen LogP contribution in [0, 0.1) is 0 Å². The molecule has 0 unspecified atom stereocenters. The number of para-hydroxylation sites is 4. The second kappa shape index (κ2) is 12.0. The average Bonchev–Trinajstić information content (AvgIpc) is 3.78. The Hall–Kier alpha value is -7.42. The van der Waals surface area contributed by atoms with Gasteiger partial charge in [0.15, 0.2) is 0 Å². The summed E-state index contributed by atoms with van der Waals surface area (Å²) in [6.07, 6.45) is 0. The summed E-state index contributed by atoms with van der Waals surface area (Å²) in [7, 11) is 0. The highest BCUT2D eigenvalue weighted by Crippen LogP contribution is 2.44. The third kappa shape index (κ3) is 4.50. The first-order chi connectivity index (χ1) is 27.8. The van der Waals surface area contributed by atoms with Crippen LogP contribution >= 0.6 is 0 Å². The Kier molecular flexibility index (Phi) is 6.66. The summed E-state index contributed by atoms with van der Waals surface area (Å²) in [6, 6.07) is 75.8. The molecule has 0 aliphatic heterocycles. The molecule has 0 amide bonds. The third-order valence-corrected chi connectivity index (χ3v) is 11.9. The smallest absolute Gasteiger partial charge is 0.0541 e.